The number of hydrogen-bond donors (Lipinski definition) is 3. The Hall–Kier alpha value is -3.05. The minimum atomic E-state index is -0.970. The van der Waals surface area contributed by atoms with Crippen molar-refractivity contribution in [1.29, 1.82) is 0 Å². The van der Waals surface area contributed by atoms with Crippen LogP contribution >= 0.6 is 15.9 Å². The molecule has 0 bridgehead atoms. The topological polar surface area (TPSA) is 56.9 Å². The first-order valence-corrected chi connectivity index (χ1v) is 9.58. The number of carbonyl (C=O) groups is 1. The maximum absolute atomic E-state index is 13.4. The molecule has 1 atom stereocenters. The van der Waals surface area contributed by atoms with E-state index in [1.807, 2.05) is 48.5 Å². The minimum absolute atomic E-state index is 0.0592. The summed E-state index contributed by atoms with van der Waals surface area (Å²) in [7, 11) is 0. The van der Waals surface area contributed by atoms with Crippen LogP contribution in [0.25, 0.3) is 22.2 Å². The number of aromatic amines is 1. The molecule has 1 aromatic heterocycles. The summed E-state index contributed by atoms with van der Waals surface area (Å²) in [6, 6.07) is 22.2. The normalized spacial score (nSPS) is 19.4. The third-order valence-electron chi connectivity index (χ3n) is 5.57. The first-order valence-electron chi connectivity index (χ1n) is 8.79. The molecular formula is C22H14BrN3O. The van der Waals surface area contributed by atoms with Gasteiger partial charge in [-0.15, -0.1) is 0 Å². The van der Waals surface area contributed by atoms with Gasteiger partial charge in [-0.1, -0.05) is 52.3 Å². The number of halogens is 1. The number of fused-ring (bicyclic) bond motifs is 8. The largest absolute Gasteiger partial charge is 0.363 e. The van der Waals surface area contributed by atoms with Crippen molar-refractivity contribution in [3.05, 3.63) is 82.3 Å². The van der Waals surface area contributed by atoms with E-state index < -0.39 is 5.54 Å². The highest BCUT2D eigenvalue weighted by atomic mass is 79.9. The molecule has 0 unspecified atom stereocenters. The molecular weight excluding hydrogens is 402 g/mol. The molecule has 0 saturated carbocycles. The standard InChI is InChI=1S/C22H14BrN3O/c23-12-9-10-18-15(11-12)22(21(27)25-18)19-13-5-1-3-7-16(13)24-20(19)14-6-2-4-8-17(14)26-22/h1-11,24,26H,(H,25,27)/t22-/m0/s1. The highest BCUT2D eigenvalue weighted by Crippen LogP contribution is 2.53. The number of aromatic nitrogens is 1. The Kier molecular flexibility index (Phi) is 2.80. The summed E-state index contributed by atoms with van der Waals surface area (Å²) in [6.07, 6.45) is 0. The molecule has 1 spiro atoms. The smallest absolute Gasteiger partial charge is 0.259 e. The number of nitrogens with one attached hydrogen (secondary N) is 3. The summed E-state index contributed by atoms with van der Waals surface area (Å²) >= 11 is 3.57. The van der Waals surface area contributed by atoms with Gasteiger partial charge in [0, 0.05) is 43.4 Å². The molecule has 2 aliphatic heterocycles. The van der Waals surface area contributed by atoms with Crippen LogP contribution in [0.15, 0.2) is 71.2 Å². The van der Waals surface area contributed by atoms with E-state index in [2.05, 4.69) is 49.7 Å². The van der Waals surface area contributed by atoms with E-state index in [-0.39, 0.29) is 5.91 Å². The van der Waals surface area contributed by atoms with Gasteiger partial charge in [-0.05, 0) is 30.3 Å². The van der Waals surface area contributed by atoms with Gasteiger partial charge in [-0.2, -0.15) is 0 Å². The zero-order valence-corrected chi connectivity index (χ0v) is 15.7. The van der Waals surface area contributed by atoms with Gasteiger partial charge in [0.05, 0.1) is 5.69 Å². The van der Waals surface area contributed by atoms with Crippen LogP contribution in [0.5, 0.6) is 0 Å². The van der Waals surface area contributed by atoms with Crippen molar-refractivity contribution in [2.45, 2.75) is 5.54 Å². The molecule has 1 amide bonds. The van der Waals surface area contributed by atoms with Crippen molar-refractivity contribution < 1.29 is 4.79 Å². The predicted molar refractivity (Wildman–Crippen MR) is 111 cm³/mol. The van der Waals surface area contributed by atoms with Crippen LogP contribution in [0.4, 0.5) is 11.4 Å². The van der Waals surface area contributed by atoms with E-state index in [0.29, 0.717) is 0 Å². The fourth-order valence-corrected chi connectivity index (χ4v) is 4.82. The van der Waals surface area contributed by atoms with Crippen molar-refractivity contribution in [3.8, 4) is 11.3 Å². The van der Waals surface area contributed by atoms with E-state index in [9.17, 15) is 4.79 Å². The van der Waals surface area contributed by atoms with Gasteiger partial charge in [0.2, 0.25) is 0 Å². The molecule has 3 N–H and O–H groups in total. The number of carbonyl (C=O) groups excluding carboxylic acids is 1. The molecule has 6 rings (SSSR count). The van der Waals surface area contributed by atoms with Gasteiger partial charge in [-0.25, -0.2) is 0 Å². The van der Waals surface area contributed by atoms with Crippen LogP contribution in [0.2, 0.25) is 0 Å². The predicted octanol–water partition coefficient (Wildman–Crippen LogP) is 5.22. The Labute approximate surface area is 163 Å². The molecule has 0 fully saturated rings. The first kappa shape index (κ1) is 15.1. The first-order chi connectivity index (χ1) is 13.2. The van der Waals surface area contributed by atoms with Gasteiger partial charge in [-0.3, -0.25) is 4.79 Å². The summed E-state index contributed by atoms with van der Waals surface area (Å²) in [5, 5.41) is 7.72. The monoisotopic (exact) mass is 415 g/mol. The summed E-state index contributed by atoms with van der Waals surface area (Å²) < 4.78 is 0.944. The van der Waals surface area contributed by atoms with Crippen LogP contribution < -0.4 is 10.6 Å². The van der Waals surface area contributed by atoms with Gasteiger partial charge < -0.3 is 15.6 Å². The third kappa shape index (κ3) is 1.79. The van der Waals surface area contributed by atoms with Crippen molar-refractivity contribution >= 4 is 44.1 Å². The van der Waals surface area contributed by atoms with Gasteiger partial charge in [0.1, 0.15) is 0 Å². The van der Waals surface area contributed by atoms with E-state index >= 15 is 0 Å². The van der Waals surface area contributed by atoms with Crippen LogP contribution in [-0.4, -0.2) is 10.9 Å². The second-order valence-corrected chi connectivity index (χ2v) is 7.90. The molecule has 3 heterocycles. The van der Waals surface area contributed by atoms with Gasteiger partial charge in [0.15, 0.2) is 5.54 Å². The molecule has 27 heavy (non-hydrogen) atoms. The maximum atomic E-state index is 13.4. The molecule has 3 aromatic carbocycles. The fourth-order valence-electron chi connectivity index (χ4n) is 4.45. The molecule has 4 nitrogen and oxygen atoms in total. The Morgan fingerprint density at radius 3 is 2.63 bits per heavy atom. The molecule has 2 aliphatic rings. The third-order valence-corrected chi connectivity index (χ3v) is 6.07. The number of rotatable bonds is 0. The lowest BCUT2D eigenvalue weighted by molar-refractivity contribution is -0.118. The van der Waals surface area contributed by atoms with Crippen molar-refractivity contribution in [3.63, 3.8) is 0 Å². The number of para-hydroxylation sites is 2. The molecule has 130 valence electrons. The molecule has 4 aromatic rings. The van der Waals surface area contributed by atoms with E-state index in [4.69, 9.17) is 0 Å². The summed E-state index contributed by atoms with van der Waals surface area (Å²) in [4.78, 5) is 17.0. The molecule has 0 radical (unpaired) electrons. The Balaban J connectivity index is 1.80. The Morgan fingerprint density at radius 1 is 0.889 bits per heavy atom. The summed E-state index contributed by atoms with van der Waals surface area (Å²) in [6.45, 7) is 0. The lowest BCUT2D eigenvalue weighted by Gasteiger charge is -2.36. The number of anilines is 2. The van der Waals surface area contributed by atoms with Gasteiger partial charge in [0.25, 0.3) is 5.91 Å². The average molecular weight is 416 g/mol. The van der Waals surface area contributed by atoms with Crippen LogP contribution in [-0.2, 0) is 10.3 Å². The Bertz CT molecular complexity index is 1280. The van der Waals surface area contributed by atoms with Crippen LogP contribution in [0.1, 0.15) is 11.1 Å². The second-order valence-electron chi connectivity index (χ2n) is 6.99. The Morgan fingerprint density at radius 2 is 1.70 bits per heavy atom. The molecule has 0 aliphatic carbocycles. The van der Waals surface area contributed by atoms with E-state index in [1.54, 1.807) is 0 Å². The molecule has 0 saturated heterocycles. The van der Waals surface area contributed by atoms with E-state index in [1.165, 1.54) is 0 Å². The summed E-state index contributed by atoms with van der Waals surface area (Å²) in [5.41, 5.74) is 5.82. The minimum Gasteiger partial charge on any atom is -0.363 e. The van der Waals surface area contributed by atoms with Crippen molar-refractivity contribution in [1.82, 2.24) is 4.98 Å². The van der Waals surface area contributed by atoms with Crippen molar-refractivity contribution in [2.24, 2.45) is 0 Å². The zero-order valence-electron chi connectivity index (χ0n) is 14.1. The average Bonchev–Trinajstić information content (AvgIpc) is 3.20. The maximum Gasteiger partial charge on any atom is 0.259 e. The highest BCUT2D eigenvalue weighted by molar-refractivity contribution is 9.10. The van der Waals surface area contributed by atoms with Crippen LogP contribution in [0.3, 0.4) is 0 Å². The number of hydrogen-bond acceptors (Lipinski definition) is 2. The lowest BCUT2D eigenvalue weighted by atomic mass is 9.78. The van der Waals surface area contributed by atoms with Crippen LogP contribution in [0, 0.1) is 0 Å². The number of amides is 1. The fraction of sp³-hybridized carbons (Fsp3) is 0.0455. The second kappa shape index (κ2) is 5.02. The molecule has 5 heteroatoms. The van der Waals surface area contributed by atoms with Gasteiger partial charge >= 0.3 is 0 Å². The quantitative estimate of drug-likeness (QED) is 0.368. The summed E-state index contributed by atoms with van der Waals surface area (Å²) in [5.74, 6) is -0.0592. The van der Waals surface area contributed by atoms with E-state index in [0.717, 1.165) is 49.1 Å². The lowest BCUT2D eigenvalue weighted by Crippen LogP contribution is -2.45. The number of benzene rings is 3. The number of H-pyrrole nitrogens is 1. The SMILES string of the molecule is O=C1Nc2ccc(Br)cc2[C@@]12Nc1ccccc1-c1[nH]c3ccccc3c12. The van der Waals surface area contributed by atoms with Crippen molar-refractivity contribution in [2.75, 3.05) is 10.6 Å². The zero-order chi connectivity index (χ0) is 18.2. The highest BCUT2D eigenvalue weighted by Gasteiger charge is 2.53.